The lowest BCUT2D eigenvalue weighted by atomic mass is 10.0. The average molecular weight is 354 g/mol. The van der Waals surface area contributed by atoms with E-state index in [-0.39, 0.29) is 17.8 Å². The molecule has 3 rings (SSSR count). The van der Waals surface area contributed by atoms with Crippen molar-refractivity contribution in [3.8, 4) is 0 Å². The molecule has 0 aliphatic heterocycles. The van der Waals surface area contributed by atoms with Gasteiger partial charge in [-0.3, -0.25) is 9.69 Å². The number of carbonyl (C=O) groups is 1. The van der Waals surface area contributed by atoms with Crippen molar-refractivity contribution in [1.29, 1.82) is 0 Å². The topological polar surface area (TPSA) is 32.3 Å². The highest BCUT2D eigenvalue weighted by molar-refractivity contribution is 5.96. The van der Waals surface area contributed by atoms with Crippen LogP contribution in [-0.2, 0) is 11.3 Å². The summed E-state index contributed by atoms with van der Waals surface area (Å²) in [5.41, 5.74) is 5.30. The maximum atomic E-state index is 13.2. The van der Waals surface area contributed by atoms with Gasteiger partial charge >= 0.3 is 0 Å². The maximum absolute atomic E-state index is 13.2. The van der Waals surface area contributed by atoms with Crippen LogP contribution in [-0.4, -0.2) is 22.9 Å². The second-order valence-corrected chi connectivity index (χ2v) is 7.47. The Balaban J connectivity index is 1.74. The van der Waals surface area contributed by atoms with Gasteiger partial charge in [0.25, 0.3) is 0 Å². The minimum atomic E-state index is -0.243. The van der Waals surface area contributed by atoms with Crippen LogP contribution < -0.4 is 5.32 Å². The number of hydrogen-bond donors (Lipinski definition) is 1. The number of nitrogens with one attached hydrogen (secondary N) is 1. The van der Waals surface area contributed by atoms with E-state index in [0.717, 1.165) is 35.2 Å². The Kier molecular flexibility index (Phi) is 5.42. The summed E-state index contributed by atoms with van der Waals surface area (Å²) in [6.45, 7) is 8.72. The molecular formula is C22H27FN2O. The minimum absolute atomic E-state index is 0.00839. The van der Waals surface area contributed by atoms with Crippen LogP contribution in [0.2, 0.25) is 0 Å². The van der Waals surface area contributed by atoms with Crippen LogP contribution in [0.15, 0.2) is 36.4 Å². The van der Waals surface area contributed by atoms with Crippen molar-refractivity contribution in [3.63, 3.8) is 0 Å². The first-order chi connectivity index (χ1) is 12.3. The van der Waals surface area contributed by atoms with Crippen LogP contribution in [0.25, 0.3) is 0 Å². The Labute approximate surface area is 155 Å². The molecule has 1 aliphatic carbocycles. The van der Waals surface area contributed by atoms with E-state index in [0.29, 0.717) is 12.6 Å². The van der Waals surface area contributed by atoms with Crippen molar-refractivity contribution in [1.82, 2.24) is 4.90 Å². The molecule has 1 aliphatic rings. The van der Waals surface area contributed by atoms with Crippen molar-refractivity contribution in [2.45, 2.75) is 59.2 Å². The lowest BCUT2D eigenvalue weighted by Gasteiger charge is -2.29. The average Bonchev–Trinajstić information content (AvgIpc) is 3.41. The van der Waals surface area contributed by atoms with E-state index in [1.807, 2.05) is 20.8 Å². The highest BCUT2D eigenvalue weighted by Crippen LogP contribution is 2.31. The lowest BCUT2D eigenvalue weighted by molar-refractivity contribution is -0.121. The fraction of sp³-hybridized carbons (Fsp3) is 0.409. The number of benzene rings is 2. The molecule has 0 bridgehead atoms. The summed E-state index contributed by atoms with van der Waals surface area (Å²) in [6.07, 6.45) is 2.23. The molecular weight excluding hydrogens is 327 g/mol. The van der Waals surface area contributed by atoms with Gasteiger partial charge in [0.1, 0.15) is 5.82 Å². The molecule has 0 unspecified atom stereocenters. The zero-order valence-electron chi connectivity index (χ0n) is 16.0. The fourth-order valence-electron chi connectivity index (χ4n) is 3.54. The third-order valence-electron chi connectivity index (χ3n) is 5.10. The Hall–Kier alpha value is -2.20. The van der Waals surface area contributed by atoms with Gasteiger partial charge < -0.3 is 5.32 Å². The first-order valence-corrected chi connectivity index (χ1v) is 9.24. The summed E-state index contributed by atoms with van der Waals surface area (Å²) in [5, 5.41) is 3.12. The van der Waals surface area contributed by atoms with E-state index in [9.17, 15) is 9.18 Å². The zero-order valence-corrected chi connectivity index (χ0v) is 16.0. The van der Waals surface area contributed by atoms with Gasteiger partial charge in [0, 0.05) is 18.3 Å². The van der Waals surface area contributed by atoms with E-state index in [4.69, 9.17) is 0 Å². The van der Waals surface area contributed by atoms with Crippen molar-refractivity contribution in [3.05, 3.63) is 64.5 Å². The van der Waals surface area contributed by atoms with Gasteiger partial charge in [-0.25, -0.2) is 4.39 Å². The summed E-state index contributed by atoms with van der Waals surface area (Å²) in [6, 6.07) is 10.9. The molecule has 1 atom stereocenters. The van der Waals surface area contributed by atoms with Gasteiger partial charge in [-0.05, 0) is 69.4 Å². The molecule has 2 aromatic carbocycles. The van der Waals surface area contributed by atoms with Crippen LogP contribution >= 0.6 is 0 Å². The number of amides is 1. The van der Waals surface area contributed by atoms with Gasteiger partial charge in [0.15, 0.2) is 0 Å². The number of aryl methyl sites for hydroxylation is 3. The molecule has 3 nitrogen and oxygen atoms in total. The van der Waals surface area contributed by atoms with Gasteiger partial charge in [-0.2, -0.15) is 0 Å². The van der Waals surface area contributed by atoms with Crippen LogP contribution in [0.4, 0.5) is 10.1 Å². The van der Waals surface area contributed by atoms with E-state index >= 15 is 0 Å². The molecule has 1 fully saturated rings. The zero-order chi connectivity index (χ0) is 18.8. The third kappa shape index (κ3) is 4.31. The van der Waals surface area contributed by atoms with E-state index in [2.05, 4.69) is 29.3 Å². The SMILES string of the molecule is Cc1cc(C)c(NC(=O)[C@@H](C)N(Cc2ccc(F)cc2)C2CC2)c(C)c1. The Morgan fingerprint density at radius 1 is 1.15 bits per heavy atom. The van der Waals surface area contributed by atoms with Crippen LogP contribution in [0.5, 0.6) is 0 Å². The smallest absolute Gasteiger partial charge is 0.241 e. The first-order valence-electron chi connectivity index (χ1n) is 9.24. The molecule has 1 saturated carbocycles. The molecule has 26 heavy (non-hydrogen) atoms. The molecule has 0 aromatic heterocycles. The molecule has 0 radical (unpaired) electrons. The van der Waals surface area contributed by atoms with Crippen LogP contribution in [0.3, 0.4) is 0 Å². The predicted molar refractivity (Wildman–Crippen MR) is 104 cm³/mol. The quantitative estimate of drug-likeness (QED) is 0.812. The van der Waals surface area contributed by atoms with Crippen LogP contribution in [0, 0.1) is 26.6 Å². The molecule has 2 aromatic rings. The monoisotopic (exact) mass is 354 g/mol. The van der Waals surface area contributed by atoms with Crippen molar-refractivity contribution >= 4 is 11.6 Å². The molecule has 138 valence electrons. The number of nitrogens with zero attached hydrogens (tertiary/aromatic N) is 1. The normalized spacial score (nSPS) is 15.2. The van der Waals surface area contributed by atoms with Gasteiger partial charge in [0.05, 0.1) is 6.04 Å². The first kappa shape index (κ1) is 18.6. The maximum Gasteiger partial charge on any atom is 0.241 e. The van der Waals surface area contributed by atoms with Gasteiger partial charge in [-0.15, -0.1) is 0 Å². The molecule has 4 heteroatoms. The summed E-state index contributed by atoms with van der Waals surface area (Å²) in [4.78, 5) is 15.1. The number of carbonyl (C=O) groups excluding carboxylic acids is 1. The molecule has 0 saturated heterocycles. The third-order valence-corrected chi connectivity index (χ3v) is 5.10. The largest absolute Gasteiger partial charge is 0.324 e. The summed E-state index contributed by atoms with van der Waals surface area (Å²) < 4.78 is 13.2. The lowest BCUT2D eigenvalue weighted by Crippen LogP contribution is -2.43. The second-order valence-electron chi connectivity index (χ2n) is 7.47. The van der Waals surface area contributed by atoms with Crippen molar-refractivity contribution in [2.24, 2.45) is 0 Å². The summed E-state index contributed by atoms with van der Waals surface area (Å²) in [5.74, 6) is -0.225. The summed E-state index contributed by atoms with van der Waals surface area (Å²) >= 11 is 0. The number of halogens is 1. The number of hydrogen-bond acceptors (Lipinski definition) is 2. The van der Waals surface area contributed by atoms with Gasteiger partial charge in [0.2, 0.25) is 5.91 Å². The molecule has 1 N–H and O–H groups in total. The number of rotatable bonds is 6. The fourth-order valence-corrected chi connectivity index (χ4v) is 3.54. The second kappa shape index (κ2) is 7.58. The minimum Gasteiger partial charge on any atom is -0.324 e. The Morgan fingerprint density at radius 2 is 1.73 bits per heavy atom. The van der Waals surface area contributed by atoms with E-state index in [1.165, 1.54) is 17.7 Å². The Bertz CT molecular complexity index is 773. The molecule has 0 heterocycles. The predicted octanol–water partition coefficient (Wildman–Crippen LogP) is 4.74. The van der Waals surface area contributed by atoms with Crippen molar-refractivity contribution < 1.29 is 9.18 Å². The Morgan fingerprint density at radius 3 is 2.27 bits per heavy atom. The molecule has 0 spiro atoms. The number of anilines is 1. The molecule has 1 amide bonds. The highest BCUT2D eigenvalue weighted by atomic mass is 19.1. The highest BCUT2D eigenvalue weighted by Gasteiger charge is 2.35. The summed E-state index contributed by atoms with van der Waals surface area (Å²) in [7, 11) is 0. The van der Waals surface area contributed by atoms with Crippen molar-refractivity contribution in [2.75, 3.05) is 5.32 Å². The van der Waals surface area contributed by atoms with Crippen LogP contribution in [0.1, 0.15) is 42.0 Å². The van der Waals surface area contributed by atoms with E-state index < -0.39 is 0 Å². The van der Waals surface area contributed by atoms with Gasteiger partial charge in [-0.1, -0.05) is 29.8 Å². The standard InChI is InChI=1S/C22H27FN2O/c1-14-11-15(2)21(16(3)12-14)24-22(26)17(4)25(20-9-10-20)13-18-5-7-19(23)8-6-18/h5-8,11-12,17,20H,9-10,13H2,1-4H3,(H,24,26)/t17-/m1/s1. The van der Waals surface area contributed by atoms with E-state index in [1.54, 1.807) is 12.1 Å².